The van der Waals surface area contributed by atoms with E-state index in [9.17, 15) is 4.79 Å². The van der Waals surface area contributed by atoms with Crippen LogP contribution in [-0.4, -0.2) is 29.0 Å². The van der Waals surface area contributed by atoms with Gasteiger partial charge < -0.3 is 15.0 Å². The highest BCUT2D eigenvalue weighted by Gasteiger charge is 2.42. The number of rotatable bonds is 6. The van der Waals surface area contributed by atoms with Crippen LogP contribution in [-0.2, 0) is 4.79 Å². The molecule has 0 aromatic heterocycles. The number of hydrogen-bond donors (Lipinski definition) is 1. The Labute approximate surface area is 183 Å². The van der Waals surface area contributed by atoms with Crippen molar-refractivity contribution >= 4 is 29.4 Å². The van der Waals surface area contributed by atoms with Crippen LogP contribution in [0.25, 0.3) is 6.08 Å². The van der Waals surface area contributed by atoms with E-state index in [1.165, 1.54) is 19.3 Å². The lowest BCUT2D eigenvalue weighted by Crippen LogP contribution is -2.48. The number of ether oxygens (including phenoxy) is 1. The molecular formula is C25H30N2O2S. The first-order valence-electron chi connectivity index (χ1n) is 10.9. The fourth-order valence-corrected chi connectivity index (χ4v) is 5.56. The van der Waals surface area contributed by atoms with Gasteiger partial charge in [0.2, 0.25) is 0 Å². The van der Waals surface area contributed by atoms with Crippen molar-refractivity contribution in [1.29, 1.82) is 0 Å². The zero-order chi connectivity index (χ0) is 20.9. The number of para-hydroxylation sites is 1. The number of hydrogen-bond acceptors (Lipinski definition) is 4. The molecule has 1 aliphatic carbocycles. The van der Waals surface area contributed by atoms with Crippen LogP contribution in [0.5, 0.6) is 5.75 Å². The maximum absolute atomic E-state index is 13.5. The third-order valence-electron chi connectivity index (χ3n) is 5.91. The number of amides is 1. The Kier molecular flexibility index (Phi) is 6.68. The van der Waals surface area contributed by atoms with Gasteiger partial charge in [0.15, 0.2) is 5.50 Å². The molecule has 1 unspecified atom stereocenters. The van der Waals surface area contributed by atoms with Crippen molar-refractivity contribution in [2.75, 3.05) is 11.9 Å². The summed E-state index contributed by atoms with van der Waals surface area (Å²) in [7, 11) is 0. The number of nitrogens with zero attached hydrogens (tertiary/aromatic N) is 1. The SMILES string of the molecule is CCOc1ccc(/C=C2\SC(Nc3ccccc3)N([C@H]3CCCC[C@H]3C)C2=O)cc1. The van der Waals surface area contributed by atoms with E-state index in [-0.39, 0.29) is 17.4 Å². The fraction of sp³-hybridized carbons (Fsp3) is 0.400. The number of benzene rings is 2. The Morgan fingerprint density at radius 3 is 2.53 bits per heavy atom. The maximum Gasteiger partial charge on any atom is 0.262 e. The Hall–Kier alpha value is -2.40. The molecule has 2 aromatic rings. The summed E-state index contributed by atoms with van der Waals surface area (Å²) in [4.78, 5) is 16.4. The molecule has 4 rings (SSSR count). The van der Waals surface area contributed by atoms with Gasteiger partial charge in [0, 0.05) is 11.7 Å². The third-order valence-corrected chi connectivity index (χ3v) is 7.03. The van der Waals surface area contributed by atoms with Crippen LogP contribution < -0.4 is 10.1 Å². The van der Waals surface area contributed by atoms with Crippen LogP contribution in [0.15, 0.2) is 59.5 Å². The monoisotopic (exact) mass is 422 g/mol. The average Bonchev–Trinajstić information content (AvgIpc) is 3.05. The Bertz CT molecular complexity index is 882. The number of anilines is 1. The molecule has 1 amide bonds. The van der Waals surface area contributed by atoms with Crippen LogP contribution >= 0.6 is 11.8 Å². The van der Waals surface area contributed by atoms with Crippen molar-refractivity contribution in [2.24, 2.45) is 5.92 Å². The van der Waals surface area contributed by atoms with Gasteiger partial charge in [-0.2, -0.15) is 0 Å². The lowest BCUT2D eigenvalue weighted by Gasteiger charge is -2.39. The Morgan fingerprint density at radius 2 is 1.83 bits per heavy atom. The summed E-state index contributed by atoms with van der Waals surface area (Å²) < 4.78 is 5.53. The van der Waals surface area contributed by atoms with Crippen LogP contribution in [0.2, 0.25) is 0 Å². The summed E-state index contributed by atoms with van der Waals surface area (Å²) in [6.07, 6.45) is 6.74. The third kappa shape index (κ3) is 4.67. The zero-order valence-corrected chi connectivity index (χ0v) is 18.5. The maximum atomic E-state index is 13.5. The predicted molar refractivity (Wildman–Crippen MR) is 125 cm³/mol. The Morgan fingerprint density at radius 1 is 1.10 bits per heavy atom. The standard InChI is InChI=1S/C25H30N2O2S/c1-3-29-21-15-13-19(14-16-21)17-23-24(28)27(22-12-8-7-9-18(22)2)25(30-23)26-20-10-5-4-6-11-20/h4-6,10-11,13-18,22,25-26H,3,7-9,12H2,1-2H3/b23-17-/t18-,22+,25?/m1/s1. The number of thioether (sulfide) groups is 1. The first-order valence-corrected chi connectivity index (χ1v) is 11.8. The van der Waals surface area contributed by atoms with Crippen LogP contribution in [0, 0.1) is 5.92 Å². The second-order valence-corrected chi connectivity index (χ2v) is 9.15. The molecule has 2 aliphatic rings. The van der Waals surface area contributed by atoms with Crippen LogP contribution in [0.3, 0.4) is 0 Å². The van der Waals surface area contributed by atoms with Gasteiger partial charge in [-0.1, -0.05) is 61.9 Å². The molecule has 0 bridgehead atoms. The van der Waals surface area contributed by atoms with Gasteiger partial charge in [-0.15, -0.1) is 0 Å². The molecule has 1 aliphatic heterocycles. The van der Waals surface area contributed by atoms with Gasteiger partial charge in [-0.3, -0.25) is 4.79 Å². The molecule has 1 saturated carbocycles. The quantitative estimate of drug-likeness (QED) is 0.582. The van der Waals surface area contributed by atoms with Crippen molar-refractivity contribution in [1.82, 2.24) is 4.90 Å². The van der Waals surface area contributed by atoms with E-state index < -0.39 is 0 Å². The van der Waals surface area contributed by atoms with E-state index in [1.54, 1.807) is 11.8 Å². The Balaban J connectivity index is 1.60. The highest BCUT2D eigenvalue weighted by Crippen LogP contribution is 2.42. The topological polar surface area (TPSA) is 41.6 Å². The summed E-state index contributed by atoms with van der Waals surface area (Å²) in [6.45, 7) is 4.91. The van der Waals surface area contributed by atoms with E-state index in [0.717, 1.165) is 28.3 Å². The van der Waals surface area contributed by atoms with E-state index >= 15 is 0 Å². The van der Waals surface area contributed by atoms with E-state index in [1.807, 2.05) is 55.5 Å². The largest absolute Gasteiger partial charge is 0.494 e. The lowest BCUT2D eigenvalue weighted by molar-refractivity contribution is -0.129. The van der Waals surface area contributed by atoms with Crippen molar-refractivity contribution in [2.45, 2.75) is 51.1 Å². The molecule has 4 nitrogen and oxygen atoms in total. The van der Waals surface area contributed by atoms with Crippen LogP contribution in [0.1, 0.15) is 45.1 Å². The van der Waals surface area contributed by atoms with E-state index in [4.69, 9.17) is 4.74 Å². The van der Waals surface area contributed by atoms with Gasteiger partial charge >= 0.3 is 0 Å². The predicted octanol–water partition coefficient (Wildman–Crippen LogP) is 5.98. The zero-order valence-electron chi connectivity index (χ0n) is 17.7. The molecule has 0 spiro atoms. The summed E-state index contributed by atoms with van der Waals surface area (Å²) in [5.74, 6) is 1.51. The summed E-state index contributed by atoms with van der Waals surface area (Å²) >= 11 is 1.62. The van der Waals surface area contributed by atoms with Crippen molar-refractivity contribution < 1.29 is 9.53 Å². The molecule has 30 heavy (non-hydrogen) atoms. The second-order valence-electron chi connectivity index (χ2n) is 8.03. The van der Waals surface area contributed by atoms with Crippen molar-refractivity contribution in [3.8, 4) is 5.75 Å². The molecule has 2 aromatic carbocycles. The minimum Gasteiger partial charge on any atom is -0.494 e. The number of carbonyl (C=O) groups excluding carboxylic acids is 1. The highest BCUT2D eigenvalue weighted by molar-refractivity contribution is 8.05. The minimum absolute atomic E-state index is 0.0839. The van der Waals surface area contributed by atoms with Gasteiger partial charge in [0.1, 0.15) is 5.75 Å². The molecule has 158 valence electrons. The van der Waals surface area contributed by atoms with Crippen molar-refractivity contribution in [3.05, 3.63) is 65.1 Å². The van der Waals surface area contributed by atoms with Gasteiger partial charge in [-0.25, -0.2) is 0 Å². The summed E-state index contributed by atoms with van der Waals surface area (Å²) in [6, 6.07) is 18.4. The first-order chi connectivity index (χ1) is 14.7. The lowest BCUT2D eigenvalue weighted by atomic mass is 9.85. The van der Waals surface area contributed by atoms with Crippen molar-refractivity contribution in [3.63, 3.8) is 0 Å². The number of nitrogens with one attached hydrogen (secondary N) is 1. The number of carbonyl (C=O) groups is 1. The molecule has 1 heterocycles. The fourth-order valence-electron chi connectivity index (χ4n) is 4.35. The highest BCUT2D eigenvalue weighted by atomic mass is 32.2. The first kappa shape index (κ1) is 20.9. The van der Waals surface area contributed by atoms with Gasteiger partial charge in [0.25, 0.3) is 5.91 Å². The average molecular weight is 423 g/mol. The molecule has 1 saturated heterocycles. The minimum atomic E-state index is -0.0839. The molecular weight excluding hydrogens is 392 g/mol. The molecule has 2 fully saturated rings. The molecule has 3 atom stereocenters. The van der Waals surface area contributed by atoms with E-state index in [0.29, 0.717) is 12.5 Å². The molecule has 0 radical (unpaired) electrons. The van der Waals surface area contributed by atoms with E-state index in [2.05, 4.69) is 29.3 Å². The smallest absolute Gasteiger partial charge is 0.262 e. The van der Waals surface area contributed by atoms with Crippen LogP contribution in [0.4, 0.5) is 5.69 Å². The van der Waals surface area contributed by atoms with Gasteiger partial charge in [-0.05, 0) is 61.6 Å². The normalized spacial score (nSPS) is 25.5. The molecule has 5 heteroatoms. The second kappa shape index (κ2) is 9.61. The van der Waals surface area contributed by atoms with Gasteiger partial charge in [0.05, 0.1) is 11.5 Å². The summed E-state index contributed by atoms with van der Waals surface area (Å²) in [5, 5.41) is 3.59. The molecule has 1 N–H and O–H groups in total. The summed E-state index contributed by atoms with van der Waals surface area (Å²) in [5.41, 5.74) is 1.98.